The lowest BCUT2D eigenvalue weighted by atomic mass is 9.77. The van der Waals surface area contributed by atoms with Crippen LogP contribution in [-0.2, 0) is 5.41 Å². The van der Waals surface area contributed by atoms with Crippen LogP contribution in [0, 0.1) is 33.6 Å². The zero-order chi connectivity index (χ0) is 50.4. The summed E-state index contributed by atoms with van der Waals surface area (Å²) in [5, 5.41) is 9.99. The molecule has 0 N–H and O–H groups in total. The van der Waals surface area contributed by atoms with Gasteiger partial charge in [0.15, 0.2) is 0 Å². The van der Waals surface area contributed by atoms with Crippen molar-refractivity contribution in [1.29, 1.82) is 0 Å². The van der Waals surface area contributed by atoms with Crippen molar-refractivity contribution in [2.75, 3.05) is 9.80 Å². The van der Waals surface area contributed by atoms with Crippen molar-refractivity contribution >= 4 is 77.1 Å². The smallest absolute Gasteiger partial charge is 0.0540 e. The largest absolute Gasteiger partial charge is 0.314 e. The molecule has 11 aromatic rings. The molecule has 0 spiro atoms. The summed E-state index contributed by atoms with van der Waals surface area (Å²) in [7, 11) is 0. The van der Waals surface area contributed by atoms with Gasteiger partial charge in [0, 0.05) is 38.9 Å². The van der Waals surface area contributed by atoms with E-state index in [0.29, 0.717) is 0 Å². The molecule has 0 fully saturated rings. The lowest BCUT2D eigenvalue weighted by Gasteiger charge is -2.35. The molecule has 0 radical (unpaired) electrons. The Balaban J connectivity index is 1.10. The molecule has 0 aliphatic heterocycles. The molecule has 358 valence electrons. The van der Waals surface area contributed by atoms with Gasteiger partial charge >= 0.3 is 0 Å². The molecule has 74 heavy (non-hydrogen) atoms. The molecule has 1 atom stereocenters. The Morgan fingerprint density at radius 3 is 1.49 bits per heavy atom. The van der Waals surface area contributed by atoms with E-state index < -0.39 is 0 Å². The van der Waals surface area contributed by atoms with E-state index in [4.69, 9.17) is 0 Å². The van der Waals surface area contributed by atoms with E-state index in [2.05, 4.69) is 277 Å². The highest BCUT2D eigenvalue weighted by molar-refractivity contribution is 6.23. The first kappa shape index (κ1) is 45.4. The van der Waals surface area contributed by atoms with Gasteiger partial charge in [-0.1, -0.05) is 184 Å². The maximum Gasteiger partial charge on any atom is 0.0540 e. The second-order valence-electron chi connectivity index (χ2n) is 21.7. The van der Waals surface area contributed by atoms with E-state index in [1.165, 1.54) is 127 Å². The predicted molar refractivity (Wildman–Crippen MR) is 318 cm³/mol. The summed E-state index contributed by atoms with van der Waals surface area (Å²) in [6.07, 6.45) is 3.48. The van der Waals surface area contributed by atoms with Gasteiger partial charge in [-0.15, -0.1) is 0 Å². The van der Waals surface area contributed by atoms with Crippen molar-refractivity contribution in [2.24, 2.45) is 5.92 Å². The number of aryl methyl sites for hydroxylation is 4. The summed E-state index contributed by atoms with van der Waals surface area (Å²) in [5.41, 5.74) is 22.5. The first-order chi connectivity index (χ1) is 36.0. The summed E-state index contributed by atoms with van der Waals surface area (Å²) in [5.74, 6) is 0.264. The van der Waals surface area contributed by atoms with E-state index in [0.717, 1.165) is 23.5 Å². The van der Waals surface area contributed by atoms with Crippen molar-refractivity contribution in [3.63, 3.8) is 0 Å². The van der Waals surface area contributed by atoms with Crippen molar-refractivity contribution in [2.45, 2.75) is 60.3 Å². The van der Waals surface area contributed by atoms with Gasteiger partial charge in [0.25, 0.3) is 0 Å². The second kappa shape index (κ2) is 17.6. The number of allylic oxidation sites excluding steroid dienone is 4. The molecule has 1 unspecified atom stereocenters. The first-order valence-corrected chi connectivity index (χ1v) is 26.4. The van der Waals surface area contributed by atoms with Crippen LogP contribution in [0.25, 0.3) is 70.9 Å². The molecule has 0 heterocycles. The maximum absolute atomic E-state index is 2.61. The maximum atomic E-state index is 2.61. The van der Waals surface area contributed by atoms with Gasteiger partial charge < -0.3 is 9.80 Å². The van der Waals surface area contributed by atoms with Crippen molar-refractivity contribution in [3.05, 3.63) is 263 Å². The van der Waals surface area contributed by atoms with Crippen LogP contribution >= 0.6 is 0 Å². The Bertz CT molecular complexity index is 4120. The van der Waals surface area contributed by atoms with E-state index in [-0.39, 0.29) is 11.3 Å². The lowest BCUT2D eigenvalue weighted by Crippen LogP contribution is -2.24. The van der Waals surface area contributed by atoms with E-state index in [1.807, 2.05) is 0 Å². The Labute approximate surface area is 436 Å². The molecular weight excluding hydrogens is 893 g/mol. The van der Waals surface area contributed by atoms with Gasteiger partial charge in [-0.3, -0.25) is 0 Å². The van der Waals surface area contributed by atoms with Gasteiger partial charge in [-0.05, 0) is 195 Å². The number of benzene rings is 11. The molecule has 11 aromatic carbocycles. The fourth-order valence-corrected chi connectivity index (χ4v) is 12.6. The minimum absolute atomic E-state index is 0.264. The molecule has 13 rings (SSSR count). The predicted octanol–water partition coefficient (Wildman–Crippen LogP) is 20.1. The quantitative estimate of drug-likeness (QED) is 0.140. The first-order valence-electron chi connectivity index (χ1n) is 26.4. The highest BCUT2D eigenvalue weighted by Gasteiger charge is 2.42. The van der Waals surface area contributed by atoms with E-state index in [9.17, 15) is 0 Å². The summed E-state index contributed by atoms with van der Waals surface area (Å²) in [6.45, 7) is 16.2. The Morgan fingerprint density at radius 1 is 0.405 bits per heavy atom. The number of hydrogen-bond donors (Lipinski definition) is 0. The average molecular weight is 953 g/mol. The van der Waals surface area contributed by atoms with Gasteiger partial charge in [0.2, 0.25) is 0 Å². The summed E-state index contributed by atoms with van der Waals surface area (Å²) in [4.78, 5) is 5.02. The van der Waals surface area contributed by atoms with Crippen molar-refractivity contribution in [1.82, 2.24) is 0 Å². The summed E-state index contributed by atoms with van der Waals surface area (Å²) in [6, 6.07) is 80.0. The third-order valence-corrected chi connectivity index (χ3v) is 16.2. The molecule has 2 aliphatic carbocycles. The second-order valence-corrected chi connectivity index (χ2v) is 21.7. The number of rotatable bonds is 8. The zero-order valence-corrected chi connectivity index (χ0v) is 43.5. The Hall–Kier alpha value is -8.46. The Kier molecular flexibility index (Phi) is 10.8. The molecule has 0 saturated heterocycles. The van der Waals surface area contributed by atoms with Gasteiger partial charge in [0.1, 0.15) is 0 Å². The molecule has 2 heteroatoms. The monoisotopic (exact) mass is 952 g/mol. The van der Waals surface area contributed by atoms with Gasteiger partial charge in [0.05, 0.1) is 11.4 Å². The van der Waals surface area contributed by atoms with Crippen LogP contribution in [0.5, 0.6) is 0 Å². The number of nitrogens with zero attached hydrogens (tertiary/aromatic N) is 2. The third kappa shape index (κ3) is 7.46. The highest BCUT2D eigenvalue weighted by atomic mass is 15.2. The van der Waals surface area contributed by atoms with E-state index >= 15 is 0 Å². The SMILES string of the molecule is Cc1ccc(-c2c3cc(N(c4cccc(C)c4)c4cccc5ccccc45)ccc3c(-c3ccc(C)cc3)c3cc4c(cc23)C2=C(C=C(N(c3cccc(C)c3)c3cccc5ccccc35)CC2C)C4(C)C)cc1. The Morgan fingerprint density at radius 2 is 0.892 bits per heavy atom. The standard InChI is InChI=1S/C72H60N2/c1-45-28-32-52(33-29-45)70-60-37-36-56(73(54-22-12-16-47(3)38-54)67-26-14-20-50-18-8-10-24-58(50)67)41-61(60)71(53-34-30-46(2)31-35-53)62-43-64-65(44-63(62)70)72(6,7)66-42-57(40-49(5)69(64)66)74(55-23-13-17-48(4)39-55)68-27-15-21-51-19-9-11-25-59(51)68/h8-39,41-44,49H,40H2,1-7H3. The molecular formula is C72H60N2. The summed E-state index contributed by atoms with van der Waals surface area (Å²) < 4.78 is 0. The van der Waals surface area contributed by atoms with E-state index in [1.54, 1.807) is 0 Å². The van der Waals surface area contributed by atoms with Crippen LogP contribution in [0.1, 0.15) is 60.6 Å². The fourth-order valence-electron chi connectivity index (χ4n) is 12.6. The van der Waals surface area contributed by atoms with Crippen LogP contribution in [0.2, 0.25) is 0 Å². The average Bonchev–Trinajstić information content (AvgIpc) is 3.64. The van der Waals surface area contributed by atoms with Crippen molar-refractivity contribution in [3.8, 4) is 22.3 Å². The third-order valence-electron chi connectivity index (χ3n) is 16.2. The van der Waals surface area contributed by atoms with Crippen LogP contribution in [0.15, 0.2) is 230 Å². The van der Waals surface area contributed by atoms with Crippen LogP contribution in [-0.4, -0.2) is 0 Å². The number of hydrogen-bond acceptors (Lipinski definition) is 2. The zero-order valence-electron chi connectivity index (χ0n) is 43.5. The normalized spacial score (nSPS) is 14.9. The number of fused-ring (bicyclic) bond motifs is 6. The lowest BCUT2D eigenvalue weighted by molar-refractivity contribution is 0.635. The van der Waals surface area contributed by atoms with Crippen molar-refractivity contribution < 1.29 is 0 Å². The molecule has 2 nitrogen and oxygen atoms in total. The highest BCUT2D eigenvalue weighted by Crippen LogP contribution is 2.57. The molecule has 0 aromatic heterocycles. The summed E-state index contributed by atoms with van der Waals surface area (Å²) >= 11 is 0. The molecule has 0 bridgehead atoms. The molecule has 0 saturated carbocycles. The van der Waals surface area contributed by atoms with Crippen LogP contribution in [0.4, 0.5) is 28.4 Å². The molecule has 0 amide bonds. The fraction of sp³-hybridized carbons (Fsp3) is 0.139. The minimum Gasteiger partial charge on any atom is -0.314 e. The van der Waals surface area contributed by atoms with Gasteiger partial charge in [-0.2, -0.15) is 0 Å². The number of anilines is 5. The van der Waals surface area contributed by atoms with Crippen LogP contribution in [0.3, 0.4) is 0 Å². The topological polar surface area (TPSA) is 6.48 Å². The van der Waals surface area contributed by atoms with Gasteiger partial charge in [-0.25, -0.2) is 0 Å². The molecule has 2 aliphatic rings. The minimum atomic E-state index is -0.268. The van der Waals surface area contributed by atoms with Crippen LogP contribution < -0.4 is 9.80 Å².